The Morgan fingerprint density at radius 2 is 1.96 bits per heavy atom. The predicted molar refractivity (Wildman–Crippen MR) is 91.2 cm³/mol. The molecule has 0 aromatic heterocycles. The molecule has 1 aliphatic carbocycles. The van der Waals surface area contributed by atoms with Crippen molar-refractivity contribution in [2.75, 3.05) is 13.1 Å². The number of nitrogens with one attached hydrogen (secondary N) is 2. The lowest BCUT2D eigenvalue weighted by atomic mass is 10.0. The van der Waals surface area contributed by atoms with Gasteiger partial charge in [-0.15, -0.1) is 0 Å². The number of rotatable bonds is 1. The van der Waals surface area contributed by atoms with Gasteiger partial charge in [0.15, 0.2) is 0 Å². The Morgan fingerprint density at radius 1 is 1.17 bits per heavy atom. The van der Waals surface area contributed by atoms with E-state index in [1.54, 1.807) is 0 Å². The SMILES string of the molecule is O=C(O)NC1CCCCCCCC2CC2NC=C2CCCN2C1. The minimum absolute atomic E-state index is 0.0489. The first-order chi connectivity index (χ1) is 11.2. The van der Waals surface area contributed by atoms with E-state index in [0.717, 1.165) is 38.3 Å². The fourth-order valence-electron chi connectivity index (χ4n) is 4.08. The summed E-state index contributed by atoms with van der Waals surface area (Å²) in [6.45, 7) is 1.87. The van der Waals surface area contributed by atoms with E-state index >= 15 is 0 Å². The summed E-state index contributed by atoms with van der Waals surface area (Å²) in [7, 11) is 0. The van der Waals surface area contributed by atoms with Crippen molar-refractivity contribution in [3.05, 3.63) is 11.9 Å². The van der Waals surface area contributed by atoms with Gasteiger partial charge in [0.25, 0.3) is 0 Å². The number of carbonyl (C=O) groups is 1. The van der Waals surface area contributed by atoms with Crippen molar-refractivity contribution in [1.82, 2.24) is 15.5 Å². The Kier molecular flexibility index (Phi) is 5.68. The fourth-order valence-corrected chi connectivity index (χ4v) is 4.08. The van der Waals surface area contributed by atoms with E-state index in [2.05, 4.69) is 21.7 Å². The van der Waals surface area contributed by atoms with Crippen molar-refractivity contribution >= 4 is 6.09 Å². The van der Waals surface area contributed by atoms with Gasteiger partial charge in [-0.25, -0.2) is 4.79 Å². The molecule has 3 rings (SSSR count). The van der Waals surface area contributed by atoms with Crippen LogP contribution in [-0.2, 0) is 0 Å². The van der Waals surface area contributed by atoms with Crippen LogP contribution in [-0.4, -0.2) is 41.3 Å². The second kappa shape index (κ2) is 7.93. The molecule has 0 aromatic carbocycles. The summed E-state index contributed by atoms with van der Waals surface area (Å²) in [5.74, 6) is 0.883. The van der Waals surface area contributed by atoms with Gasteiger partial charge >= 0.3 is 6.09 Å². The van der Waals surface area contributed by atoms with Crippen LogP contribution in [0.25, 0.3) is 0 Å². The highest BCUT2D eigenvalue weighted by atomic mass is 16.4. The van der Waals surface area contributed by atoms with Gasteiger partial charge in [-0.1, -0.05) is 32.1 Å². The maximum Gasteiger partial charge on any atom is 0.404 e. The van der Waals surface area contributed by atoms with Crippen molar-refractivity contribution in [2.24, 2.45) is 5.92 Å². The zero-order valence-corrected chi connectivity index (χ0v) is 14.1. The molecule has 1 saturated heterocycles. The first kappa shape index (κ1) is 16.5. The van der Waals surface area contributed by atoms with Gasteiger partial charge in [0, 0.05) is 37.1 Å². The van der Waals surface area contributed by atoms with Gasteiger partial charge in [-0.05, 0) is 38.0 Å². The predicted octanol–water partition coefficient (Wildman–Crippen LogP) is 3.28. The molecule has 3 unspecified atom stereocenters. The molecule has 0 spiro atoms. The molecule has 23 heavy (non-hydrogen) atoms. The number of carboxylic acid groups (broad SMARTS) is 1. The zero-order chi connectivity index (χ0) is 16.1. The zero-order valence-electron chi connectivity index (χ0n) is 14.1. The minimum atomic E-state index is -0.892. The van der Waals surface area contributed by atoms with Crippen molar-refractivity contribution < 1.29 is 9.90 Å². The molecule has 2 aliphatic heterocycles. The standard InChI is InChI=1S/C18H31N3O2/c22-18(23)20-15-8-5-3-1-2-4-7-14-11-17(14)19-12-16-9-6-10-21(16)13-15/h12,14-15,17,19-20H,1-11,13H2,(H,22,23). The van der Waals surface area contributed by atoms with E-state index in [1.165, 1.54) is 50.6 Å². The average molecular weight is 321 g/mol. The second-order valence-corrected chi connectivity index (χ2v) is 7.45. The Hall–Kier alpha value is -1.39. The van der Waals surface area contributed by atoms with Gasteiger partial charge in [-0.3, -0.25) is 0 Å². The normalized spacial score (nSPS) is 32.4. The van der Waals surface area contributed by atoms with Crippen LogP contribution < -0.4 is 10.6 Å². The van der Waals surface area contributed by atoms with Gasteiger partial charge in [-0.2, -0.15) is 0 Å². The van der Waals surface area contributed by atoms with E-state index in [1.807, 2.05) is 0 Å². The maximum absolute atomic E-state index is 11.1. The van der Waals surface area contributed by atoms with Gasteiger partial charge in [0.05, 0.1) is 0 Å². The summed E-state index contributed by atoms with van der Waals surface area (Å²) < 4.78 is 0. The summed E-state index contributed by atoms with van der Waals surface area (Å²) in [5, 5.41) is 15.4. The molecule has 5 heteroatoms. The monoisotopic (exact) mass is 321 g/mol. The van der Waals surface area contributed by atoms with Crippen LogP contribution in [0.4, 0.5) is 4.79 Å². The second-order valence-electron chi connectivity index (χ2n) is 7.45. The summed E-state index contributed by atoms with van der Waals surface area (Å²) in [6, 6.07) is 0.732. The van der Waals surface area contributed by atoms with Gasteiger partial charge < -0.3 is 20.6 Å². The number of nitrogens with zero attached hydrogens (tertiary/aromatic N) is 1. The molecule has 1 saturated carbocycles. The van der Waals surface area contributed by atoms with E-state index in [4.69, 9.17) is 5.11 Å². The lowest BCUT2D eigenvalue weighted by Crippen LogP contribution is -2.42. The minimum Gasteiger partial charge on any atom is -0.465 e. The Bertz CT molecular complexity index is 438. The highest BCUT2D eigenvalue weighted by Gasteiger charge is 2.35. The smallest absolute Gasteiger partial charge is 0.404 e. The lowest BCUT2D eigenvalue weighted by Gasteiger charge is -2.26. The number of amides is 1. The van der Waals surface area contributed by atoms with E-state index < -0.39 is 6.09 Å². The number of allylic oxidation sites excluding steroid dienone is 1. The van der Waals surface area contributed by atoms with Crippen molar-refractivity contribution in [3.63, 3.8) is 0 Å². The van der Waals surface area contributed by atoms with E-state index in [0.29, 0.717) is 6.04 Å². The third-order valence-corrected chi connectivity index (χ3v) is 5.55. The van der Waals surface area contributed by atoms with E-state index in [-0.39, 0.29) is 6.04 Å². The molecule has 2 fully saturated rings. The highest BCUT2D eigenvalue weighted by Crippen LogP contribution is 2.36. The Morgan fingerprint density at radius 3 is 2.78 bits per heavy atom. The summed E-state index contributed by atoms with van der Waals surface area (Å²) in [6.07, 6.45) is 13.6. The molecule has 3 aliphatic rings. The first-order valence-electron chi connectivity index (χ1n) is 9.42. The molecule has 5 nitrogen and oxygen atoms in total. The van der Waals surface area contributed by atoms with Gasteiger partial charge in [0.2, 0.25) is 0 Å². The Labute approximate surface area is 139 Å². The van der Waals surface area contributed by atoms with E-state index in [9.17, 15) is 4.79 Å². The molecule has 3 atom stereocenters. The summed E-state index contributed by atoms with van der Waals surface area (Å²) >= 11 is 0. The molecule has 0 bridgehead atoms. The Balaban J connectivity index is 1.62. The molecular weight excluding hydrogens is 290 g/mol. The third-order valence-electron chi connectivity index (χ3n) is 5.55. The van der Waals surface area contributed by atoms with Gasteiger partial charge in [0.1, 0.15) is 0 Å². The molecule has 130 valence electrons. The molecule has 0 aromatic rings. The van der Waals surface area contributed by atoms with Crippen LogP contribution in [0.5, 0.6) is 0 Å². The number of hydrogen-bond donors (Lipinski definition) is 3. The number of fused-ring (bicyclic) bond motifs is 2. The van der Waals surface area contributed by atoms with Crippen LogP contribution in [0.1, 0.15) is 64.2 Å². The molecule has 0 radical (unpaired) electrons. The summed E-state index contributed by atoms with van der Waals surface area (Å²) in [5.41, 5.74) is 1.36. The third kappa shape index (κ3) is 5.05. The molecular formula is C18H31N3O2. The van der Waals surface area contributed by atoms with Crippen LogP contribution in [0.2, 0.25) is 0 Å². The number of hydrogen-bond acceptors (Lipinski definition) is 3. The molecule has 2 heterocycles. The van der Waals surface area contributed by atoms with Crippen molar-refractivity contribution in [1.29, 1.82) is 0 Å². The van der Waals surface area contributed by atoms with Crippen LogP contribution in [0, 0.1) is 5.92 Å². The van der Waals surface area contributed by atoms with Crippen LogP contribution in [0.3, 0.4) is 0 Å². The molecule has 3 N–H and O–H groups in total. The highest BCUT2D eigenvalue weighted by molar-refractivity contribution is 5.64. The topological polar surface area (TPSA) is 64.6 Å². The fraction of sp³-hybridized carbons (Fsp3) is 0.833. The van der Waals surface area contributed by atoms with Crippen LogP contribution in [0.15, 0.2) is 11.9 Å². The largest absolute Gasteiger partial charge is 0.465 e. The first-order valence-corrected chi connectivity index (χ1v) is 9.42. The van der Waals surface area contributed by atoms with Crippen LogP contribution >= 0.6 is 0 Å². The lowest BCUT2D eigenvalue weighted by molar-refractivity contribution is 0.184. The van der Waals surface area contributed by atoms with Crippen molar-refractivity contribution in [2.45, 2.75) is 76.3 Å². The summed E-state index contributed by atoms with van der Waals surface area (Å²) in [4.78, 5) is 13.5. The molecule has 1 amide bonds. The van der Waals surface area contributed by atoms with Crippen molar-refractivity contribution in [3.8, 4) is 0 Å². The maximum atomic E-state index is 11.1. The quantitative estimate of drug-likeness (QED) is 0.693. The average Bonchev–Trinajstić information content (AvgIpc) is 3.11.